The summed E-state index contributed by atoms with van der Waals surface area (Å²) < 4.78 is 16.4. The Morgan fingerprint density at radius 3 is 2.40 bits per heavy atom. The molecule has 0 saturated carbocycles. The van der Waals surface area contributed by atoms with E-state index in [0.717, 1.165) is 48.5 Å². The molecular formula is C29H42N2O4. The highest BCUT2D eigenvalue weighted by atomic mass is 16.5. The molecule has 1 fully saturated rings. The van der Waals surface area contributed by atoms with Gasteiger partial charge < -0.3 is 19.1 Å². The number of benzene rings is 2. The Morgan fingerprint density at radius 1 is 1.03 bits per heavy atom. The van der Waals surface area contributed by atoms with Gasteiger partial charge in [0, 0.05) is 44.7 Å². The van der Waals surface area contributed by atoms with Gasteiger partial charge in [-0.15, -0.1) is 0 Å². The molecule has 0 unspecified atom stereocenters. The lowest BCUT2D eigenvalue weighted by Gasteiger charge is -2.35. The van der Waals surface area contributed by atoms with Crippen LogP contribution in [0.2, 0.25) is 0 Å². The first kappa shape index (κ1) is 27.2. The molecule has 0 bridgehead atoms. The van der Waals surface area contributed by atoms with Crippen molar-refractivity contribution in [2.45, 2.75) is 51.6 Å². The molecule has 6 nitrogen and oxygen atoms in total. The minimum atomic E-state index is -0.166. The first-order chi connectivity index (χ1) is 17.0. The third kappa shape index (κ3) is 8.64. The van der Waals surface area contributed by atoms with Gasteiger partial charge >= 0.3 is 5.97 Å². The summed E-state index contributed by atoms with van der Waals surface area (Å²) in [6.07, 6.45) is 4.30. The van der Waals surface area contributed by atoms with Gasteiger partial charge in [-0.25, -0.2) is 0 Å². The van der Waals surface area contributed by atoms with Gasteiger partial charge in [-0.05, 0) is 76.1 Å². The van der Waals surface area contributed by atoms with Gasteiger partial charge in [0.25, 0.3) is 0 Å². The van der Waals surface area contributed by atoms with Gasteiger partial charge in [-0.3, -0.25) is 9.69 Å². The summed E-state index contributed by atoms with van der Waals surface area (Å²) in [7, 11) is 6.07. The van der Waals surface area contributed by atoms with Crippen molar-refractivity contribution in [2.75, 3.05) is 54.1 Å². The van der Waals surface area contributed by atoms with Crippen molar-refractivity contribution < 1.29 is 19.0 Å². The van der Waals surface area contributed by atoms with Crippen LogP contribution >= 0.6 is 0 Å². The van der Waals surface area contributed by atoms with Crippen LogP contribution in [0, 0.1) is 0 Å². The van der Waals surface area contributed by atoms with Gasteiger partial charge in [0.15, 0.2) is 0 Å². The van der Waals surface area contributed by atoms with Crippen LogP contribution in [0.5, 0.6) is 5.75 Å². The van der Waals surface area contributed by atoms with Crippen LogP contribution in [-0.2, 0) is 27.2 Å². The van der Waals surface area contributed by atoms with Crippen molar-refractivity contribution in [3.8, 4) is 16.9 Å². The number of nitrogens with zero attached hydrogens (tertiary/aromatic N) is 2. The molecule has 0 radical (unpaired) electrons. The van der Waals surface area contributed by atoms with E-state index >= 15 is 0 Å². The number of likely N-dealkylation sites (tertiary alicyclic amines) is 1. The summed E-state index contributed by atoms with van der Waals surface area (Å²) in [4.78, 5) is 16.7. The summed E-state index contributed by atoms with van der Waals surface area (Å²) in [6.45, 7) is 6.79. The fourth-order valence-electron chi connectivity index (χ4n) is 4.59. The molecule has 192 valence electrons. The van der Waals surface area contributed by atoms with E-state index in [-0.39, 0.29) is 5.97 Å². The SMILES string of the molecule is CCOC(=O)CCc1ccc(-c2ccc(CN3CCC(N(C)C)CC3)cc2)c(OCCCOC)c1. The summed E-state index contributed by atoms with van der Waals surface area (Å²) in [6, 6.07) is 15.8. The highest BCUT2D eigenvalue weighted by Crippen LogP contribution is 2.32. The van der Waals surface area contributed by atoms with Gasteiger partial charge in [0.05, 0.1) is 13.2 Å². The number of hydrogen-bond acceptors (Lipinski definition) is 6. The maximum absolute atomic E-state index is 11.8. The zero-order valence-electron chi connectivity index (χ0n) is 21.9. The lowest BCUT2D eigenvalue weighted by atomic mass is 9.99. The van der Waals surface area contributed by atoms with E-state index in [1.54, 1.807) is 7.11 Å². The van der Waals surface area contributed by atoms with Gasteiger partial charge in [-0.2, -0.15) is 0 Å². The van der Waals surface area contributed by atoms with Crippen molar-refractivity contribution in [1.82, 2.24) is 9.80 Å². The second kappa shape index (κ2) is 14.2. The number of esters is 1. The first-order valence-electron chi connectivity index (χ1n) is 12.9. The van der Waals surface area contributed by atoms with Gasteiger partial charge in [-0.1, -0.05) is 36.4 Å². The largest absolute Gasteiger partial charge is 0.493 e. The average Bonchev–Trinajstić information content (AvgIpc) is 2.86. The second-order valence-electron chi connectivity index (χ2n) is 9.50. The number of carbonyl (C=O) groups is 1. The Kier molecular flexibility index (Phi) is 11.0. The summed E-state index contributed by atoms with van der Waals surface area (Å²) in [5.74, 6) is 0.682. The molecule has 1 aliphatic rings. The number of ether oxygens (including phenoxy) is 3. The number of aryl methyl sites for hydroxylation is 1. The van der Waals surface area contributed by atoms with Crippen molar-refractivity contribution >= 4 is 5.97 Å². The van der Waals surface area contributed by atoms with E-state index in [0.29, 0.717) is 38.7 Å². The average molecular weight is 483 g/mol. The standard InChI is InChI=1S/C29H42N2O4/c1-5-34-29(32)14-10-23-9-13-27(28(21-23)35-20-6-19-33-4)25-11-7-24(8-12-25)22-31-17-15-26(16-18-31)30(2)3/h7-9,11-13,21,26H,5-6,10,14-20,22H2,1-4H3. The molecule has 1 heterocycles. The van der Waals surface area contributed by atoms with Crippen LogP contribution in [0.1, 0.15) is 43.7 Å². The Hall–Kier alpha value is -2.41. The molecule has 1 saturated heterocycles. The number of hydrogen-bond donors (Lipinski definition) is 0. The van der Waals surface area contributed by atoms with E-state index < -0.39 is 0 Å². The molecule has 0 aliphatic carbocycles. The topological polar surface area (TPSA) is 51.2 Å². The minimum absolute atomic E-state index is 0.166. The van der Waals surface area contributed by atoms with E-state index in [1.807, 2.05) is 6.92 Å². The molecule has 0 amide bonds. The predicted octanol–water partition coefficient (Wildman–Crippen LogP) is 4.79. The van der Waals surface area contributed by atoms with E-state index in [2.05, 4.69) is 66.4 Å². The number of piperidine rings is 1. The zero-order valence-corrected chi connectivity index (χ0v) is 21.9. The molecule has 0 aromatic heterocycles. The maximum Gasteiger partial charge on any atom is 0.306 e. The van der Waals surface area contributed by atoms with Crippen molar-refractivity contribution in [3.05, 3.63) is 53.6 Å². The smallest absolute Gasteiger partial charge is 0.306 e. The van der Waals surface area contributed by atoms with Gasteiger partial charge in [0.2, 0.25) is 0 Å². The quantitative estimate of drug-likeness (QED) is 0.302. The summed E-state index contributed by atoms with van der Waals surface area (Å²) >= 11 is 0. The van der Waals surface area contributed by atoms with Crippen LogP contribution in [0.25, 0.3) is 11.1 Å². The molecule has 3 rings (SSSR count). The lowest BCUT2D eigenvalue weighted by molar-refractivity contribution is -0.143. The highest BCUT2D eigenvalue weighted by Gasteiger charge is 2.20. The van der Waals surface area contributed by atoms with E-state index in [4.69, 9.17) is 14.2 Å². The van der Waals surface area contributed by atoms with Crippen molar-refractivity contribution in [3.63, 3.8) is 0 Å². The van der Waals surface area contributed by atoms with Crippen LogP contribution in [0.3, 0.4) is 0 Å². The molecule has 2 aromatic rings. The Bertz CT molecular complexity index is 905. The third-order valence-electron chi connectivity index (χ3n) is 6.68. The van der Waals surface area contributed by atoms with Crippen molar-refractivity contribution in [1.29, 1.82) is 0 Å². The normalized spacial score (nSPS) is 14.9. The molecule has 0 atom stereocenters. The maximum atomic E-state index is 11.8. The molecule has 35 heavy (non-hydrogen) atoms. The van der Waals surface area contributed by atoms with Crippen LogP contribution in [0.15, 0.2) is 42.5 Å². The predicted molar refractivity (Wildman–Crippen MR) is 141 cm³/mol. The lowest BCUT2D eigenvalue weighted by Crippen LogP contribution is -2.41. The van der Waals surface area contributed by atoms with Crippen LogP contribution < -0.4 is 4.74 Å². The molecule has 2 aromatic carbocycles. The molecule has 0 spiro atoms. The molecule has 6 heteroatoms. The molecule has 1 aliphatic heterocycles. The summed E-state index contributed by atoms with van der Waals surface area (Å²) in [5.41, 5.74) is 4.62. The van der Waals surface area contributed by atoms with E-state index in [1.165, 1.54) is 18.4 Å². The van der Waals surface area contributed by atoms with Crippen LogP contribution in [0.4, 0.5) is 0 Å². The third-order valence-corrected chi connectivity index (χ3v) is 6.68. The molecule has 0 N–H and O–H groups in total. The van der Waals surface area contributed by atoms with Crippen molar-refractivity contribution in [2.24, 2.45) is 0 Å². The zero-order chi connectivity index (χ0) is 25.0. The number of carbonyl (C=O) groups excluding carboxylic acids is 1. The minimum Gasteiger partial charge on any atom is -0.493 e. The molecular weight excluding hydrogens is 440 g/mol. The van der Waals surface area contributed by atoms with E-state index in [9.17, 15) is 4.79 Å². The second-order valence-corrected chi connectivity index (χ2v) is 9.50. The highest BCUT2D eigenvalue weighted by molar-refractivity contribution is 5.72. The van der Waals surface area contributed by atoms with Gasteiger partial charge in [0.1, 0.15) is 5.75 Å². The number of methoxy groups -OCH3 is 1. The Morgan fingerprint density at radius 2 is 1.74 bits per heavy atom. The Labute approximate surface area is 211 Å². The fraction of sp³-hybridized carbons (Fsp3) is 0.552. The monoisotopic (exact) mass is 482 g/mol. The van der Waals surface area contributed by atoms with Crippen LogP contribution in [-0.4, -0.2) is 75.9 Å². The number of rotatable bonds is 13. The fourth-order valence-corrected chi connectivity index (χ4v) is 4.59. The Balaban J connectivity index is 1.67. The first-order valence-corrected chi connectivity index (χ1v) is 12.9. The summed E-state index contributed by atoms with van der Waals surface area (Å²) in [5, 5.41) is 0.